The van der Waals surface area contributed by atoms with Crippen molar-refractivity contribution in [2.24, 2.45) is 0 Å². The molecule has 0 spiro atoms. The van der Waals surface area contributed by atoms with Crippen LogP contribution in [0.1, 0.15) is 33.1 Å². The molecular formula is C10H18N2O4. The van der Waals surface area contributed by atoms with Crippen molar-refractivity contribution in [3.63, 3.8) is 0 Å². The van der Waals surface area contributed by atoms with Gasteiger partial charge in [0.1, 0.15) is 0 Å². The van der Waals surface area contributed by atoms with Gasteiger partial charge in [0.25, 0.3) is 0 Å². The Bertz CT molecular complexity index is 282. The van der Waals surface area contributed by atoms with E-state index in [1.165, 1.54) is 4.90 Å². The van der Waals surface area contributed by atoms with Crippen LogP contribution >= 0.6 is 0 Å². The van der Waals surface area contributed by atoms with Crippen LogP contribution < -0.4 is 0 Å². The van der Waals surface area contributed by atoms with Crippen molar-refractivity contribution in [2.75, 3.05) is 7.05 Å². The van der Waals surface area contributed by atoms with Crippen LogP contribution in [0.3, 0.4) is 0 Å². The molecule has 2 unspecified atom stereocenters. The molecule has 2 amide bonds. The predicted molar refractivity (Wildman–Crippen MR) is 55.7 cm³/mol. The summed E-state index contributed by atoms with van der Waals surface area (Å²) < 4.78 is 5.02. The lowest BCUT2D eigenvalue weighted by Gasteiger charge is -2.39. The average molecular weight is 230 g/mol. The van der Waals surface area contributed by atoms with E-state index in [-0.39, 0.29) is 6.04 Å². The molecule has 0 aliphatic carbocycles. The monoisotopic (exact) mass is 230 g/mol. The minimum atomic E-state index is -0.863. The van der Waals surface area contributed by atoms with Crippen LogP contribution in [0.2, 0.25) is 0 Å². The van der Waals surface area contributed by atoms with Crippen molar-refractivity contribution < 1.29 is 19.5 Å². The first kappa shape index (κ1) is 12.8. The average Bonchev–Trinajstić information content (AvgIpc) is 2.23. The molecule has 6 nitrogen and oxygen atoms in total. The standard InChI is InChI=1S/C10H18N2O4/c1-4-5-9(13)16-8-6-7(2)11(3)10(14)12(8)15/h7-8,15H,4-6H2,1-3H3. The van der Waals surface area contributed by atoms with Crippen molar-refractivity contribution in [3.8, 4) is 0 Å². The zero-order chi connectivity index (χ0) is 12.3. The summed E-state index contributed by atoms with van der Waals surface area (Å²) in [6.45, 7) is 3.70. The lowest BCUT2D eigenvalue weighted by Crippen LogP contribution is -2.56. The highest BCUT2D eigenvalue weighted by Gasteiger charge is 2.37. The number of hydrogen-bond acceptors (Lipinski definition) is 4. The molecular weight excluding hydrogens is 212 g/mol. The van der Waals surface area contributed by atoms with E-state index in [2.05, 4.69) is 0 Å². The molecule has 0 bridgehead atoms. The third-order valence-electron chi connectivity index (χ3n) is 2.70. The molecule has 1 heterocycles. The molecule has 1 fully saturated rings. The SMILES string of the molecule is CCCC(=O)OC1CC(C)N(C)C(=O)N1O. The van der Waals surface area contributed by atoms with Gasteiger partial charge in [-0.25, -0.2) is 4.79 Å². The highest BCUT2D eigenvalue weighted by Crippen LogP contribution is 2.20. The zero-order valence-corrected chi connectivity index (χ0v) is 9.84. The van der Waals surface area contributed by atoms with Crippen molar-refractivity contribution in [3.05, 3.63) is 0 Å². The van der Waals surface area contributed by atoms with Gasteiger partial charge in [0, 0.05) is 25.9 Å². The van der Waals surface area contributed by atoms with E-state index in [0.29, 0.717) is 24.3 Å². The summed E-state index contributed by atoms with van der Waals surface area (Å²) in [6, 6.07) is -0.608. The first-order valence-electron chi connectivity index (χ1n) is 5.41. The minimum absolute atomic E-state index is 0.0599. The predicted octanol–water partition coefficient (Wildman–Crippen LogP) is 1.19. The van der Waals surface area contributed by atoms with Gasteiger partial charge in [-0.2, -0.15) is 5.06 Å². The zero-order valence-electron chi connectivity index (χ0n) is 9.84. The maximum atomic E-state index is 11.5. The number of amides is 2. The number of esters is 1. The second-order valence-electron chi connectivity index (χ2n) is 4.02. The molecule has 6 heteroatoms. The van der Waals surface area contributed by atoms with Crippen molar-refractivity contribution in [2.45, 2.75) is 45.4 Å². The lowest BCUT2D eigenvalue weighted by molar-refractivity contribution is -0.208. The largest absolute Gasteiger partial charge is 0.439 e. The lowest BCUT2D eigenvalue weighted by atomic mass is 10.1. The number of rotatable bonds is 3. The molecule has 1 N–H and O–H groups in total. The Balaban J connectivity index is 2.60. The highest BCUT2D eigenvalue weighted by molar-refractivity contribution is 5.75. The number of hydroxylamine groups is 2. The number of hydrogen-bond donors (Lipinski definition) is 1. The van der Waals surface area contributed by atoms with Gasteiger partial charge in [-0.3, -0.25) is 10.0 Å². The summed E-state index contributed by atoms with van der Waals surface area (Å²) in [7, 11) is 1.60. The maximum Gasteiger partial charge on any atom is 0.347 e. The number of carbonyl (C=O) groups excluding carboxylic acids is 2. The third-order valence-corrected chi connectivity index (χ3v) is 2.70. The van der Waals surface area contributed by atoms with Crippen LogP contribution in [-0.4, -0.2) is 46.5 Å². The minimum Gasteiger partial charge on any atom is -0.439 e. The van der Waals surface area contributed by atoms with Crippen molar-refractivity contribution >= 4 is 12.0 Å². The maximum absolute atomic E-state index is 11.5. The molecule has 2 atom stereocenters. The van der Waals surface area contributed by atoms with Crippen molar-refractivity contribution in [1.82, 2.24) is 9.96 Å². The Labute approximate surface area is 94.7 Å². The highest BCUT2D eigenvalue weighted by atomic mass is 16.6. The quantitative estimate of drug-likeness (QED) is 0.584. The molecule has 0 saturated carbocycles. The summed E-state index contributed by atoms with van der Waals surface area (Å²) in [4.78, 5) is 24.2. The number of urea groups is 1. The summed E-state index contributed by atoms with van der Waals surface area (Å²) in [5, 5.41) is 9.99. The fourth-order valence-corrected chi connectivity index (χ4v) is 1.54. The first-order chi connectivity index (χ1) is 7.47. The Morgan fingerprint density at radius 3 is 2.81 bits per heavy atom. The summed E-state index contributed by atoms with van der Waals surface area (Å²) >= 11 is 0. The van der Waals surface area contributed by atoms with E-state index in [0.717, 1.165) is 0 Å². The summed E-state index contributed by atoms with van der Waals surface area (Å²) in [5.41, 5.74) is 0. The fourth-order valence-electron chi connectivity index (χ4n) is 1.54. The smallest absolute Gasteiger partial charge is 0.347 e. The second kappa shape index (κ2) is 5.16. The summed E-state index contributed by atoms with van der Waals surface area (Å²) in [6.07, 6.45) is 0.523. The number of ether oxygens (including phenoxy) is 1. The van der Waals surface area contributed by atoms with E-state index in [9.17, 15) is 14.8 Å². The van der Waals surface area contributed by atoms with Crippen LogP contribution in [0.15, 0.2) is 0 Å². The normalized spacial score (nSPS) is 25.9. The van der Waals surface area contributed by atoms with E-state index in [1.807, 2.05) is 13.8 Å². The van der Waals surface area contributed by atoms with Gasteiger partial charge in [0.05, 0.1) is 0 Å². The van der Waals surface area contributed by atoms with Crippen LogP contribution in [0.25, 0.3) is 0 Å². The Kier molecular flexibility index (Phi) is 4.12. The van der Waals surface area contributed by atoms with Crippen LogP contribution in [-0.2, 0) is 9.53 Å². The molecule has 92 valence electrons. The first-order valence-corrected chi connectivity index (χ1v) is 5.41. The van der Waals surface area contributed by atoms with Gasteiger partial charge in [0.2, 0.25) is 6.23 Å². The second-order valence-corrected chi connectivity index (χ2v) is 4.02. The van der Waals surface area contributed by atoms with Gasteiger partial charge in [-0.15, -0.1) is 0 Å². The van der Waals surface area contributed by atoms with Crippen LogP contribution in [0.5, 0.6) is 0 Å². The van der Waals surface area contributed by atoms with E-state index < -0.39 is 18.2 Å². The number of nitrogens with zero attached hydrogens (tertiary/aromatic N) is 2. The van der Waals surface area contributed by atoms with Crippen molar-refractivity contribution in [1.29, 1.82) is 0 Å². The van der Waals surface area contributed by atoms with Gasteiger partial charge in [-0.05, 0) is 13.3 Å². The molecule has 1 aliphatic heterocycles. The van der Waals surface area contributed by atoms with Gasteiger partial charge >= 0.3 is 12.0 Å². The van der Waals surface area contributed by atoms with Crippen LogP contribution in [0.4, 0.5) is 4.79 Å². The molecule has 16 heavy (non-hydrogen) atoms. The van der Waals surface area contributed by atoms with Gasteiger partial charge < -0.3 is 9.64 Å². The Hall–Kier alpha value is -1.30. The molecule has 0 aromatic heterocycles. The van der Waals surface area contributed by atoms with Gasteiger partial charge in [0.15, 0.2) is 0 Å². The molecule has 0 aromatic carbocycles. The molecule has 0 radical (unpaired) electrons. The number of carbonyl (C=O) groups is 2. The molecule has 1 rings (SSSR count). The third kappa shape index (κ3) is 2.63. The van der Waals surface area contributed by atoms with E-state index in [4.69, 9.17) is 4.74 Å². The molecule has 0 aromatic rings. The Morgan fingerprint density at radius 1 is 1.62 bits per heavy atom. The van der Waals surface area contributed by atoms with Gasteiger partial charge in [-0.1, -0.05) is 6.92 Å². The fraction of sp³-hybridized carbons (Fsp3) is 0.800. The Morgan fingerprint density at radius 2 is 2.25 bits per heavy atom. The van der Waals surface area contributed by atoms with Crippen LogP contribution in [0, 0.1) is 0 Å². The summed E-state index contributed by atoms with van der Waals surface area (Å²) in [5.74, 6) is -0.392. The van der Waals surface area contributed by atoms with E-state index >= 15 is 0 Å². The molecule has 1 saturated heterocycles. The molecule has 1 aliphatic rings. The topological polar surface area (TPSA) is 70.1 Å². The van der Waals surface area contributed by atoms with E-state index in [1.54, 1.807) is 7.05 Å².